The van der Waals surface area contributed by atoms with Gasteiger partial charge in [-0.2, -0.15) is 0 Å². The second kappa shape index (κ2) is 12.6. The number of imide groups is 1. The molecule has 4 aromatic rings. The van der Waals surface area contributed by atoms with Gasteiger partial charge in [-0.05, 0) is 49.7 Å². The number of ether oxygens (including phenoxy) is 1. The molecule has 0 saturated carbocycles. The van der Waals surface area contributed by atoms with E-state index in [2.05, 4.69) is 20.3 Å². The van der Waals surface area contributed by atoms with Crippen LogP contribution in [0, 0.1) is 6.92 Å². The number of halogens is 1. The third kappa shape index (κ3) is 6.11. The van der Waals surface area contributed by atoms with Gasteiger partial charge in [0.25, 0.3) is 11.5 Å². The highest BCUT2D eigenvalue weighted by Gasteiger charge is 2.31. The van der Waals surface area contributed by atoms with Crippen molar-refractivity contribution in [1.29, 1.82) is 0 Å². The van der Waals surface area contributed by atoms with Crippen molar-refractivity contribution in [2.75, 3.05) is 41.2 Å². The van der Waals surface area contributed by atoms with Gasteiger partial charge in [-0.3, -0.25) is 29.1 Å². The van der Waals surface area contributed by atoms with Crippen LogP contribution in [0.5, 0.6) is 0 Å². The smallest absolute Gasteiger partial charge is 0.262 e. The molecule has 15 heteroatoms. The number of benzene rings is 3. The van der Waals surface area contributed by atoms with E-state index in [0.29, 0.717) is 37.7 Å². The molecule has 13 nitrogen and oxygen atoms in total. The van der Waals surface area contributed by atoms with Crippen LogP contribution in [-0.2, 0) is 28.9 Å². The van der Waals surface area contributed by atoms with Gasteiger partial charge >= 0.3 is 0 Å². The summed E-state index contributed by atoms with van der Waals surface area (Å²) in [7, 11) is -4.23. The van der Waals surface area contributed by atoms with Gasteiger partial charge in [0.05, 0.1) is 35.0 Å². The van der Waals surface area contributed by atoms with E-state index in [1.54, 1.807) is 31.2 Å². The lowest BCUT2D eigenvalue weighted by molar-refractivity contribution is -0.135. The standard InChI is InChI=1S/C31H29ClN6O7S/c1-18-33-28-20(31(42)38(18)25-11-12-27(39)35-30(25)41)5-4-7-23(28)34-29(40)19-9-10-21(32)26(17-19)46(43,44)36-22-6-2-3-8-24(22)37-13-15-45-16-14-37/h2-10,17,25H,11-16H2,1H3,(H3-,34,35,36,39,40,41,43,44). The summed E-state index contributed by atoms with van der Waals surface area (Å²) in [6, 6.07) is 14.6. The van der Waals surface area contributed by atoms with Crippen LogP contribution in [0.25, 0.3) is 10.9 Å². The monoisotopic (exact) mass is 664 g/mol. The first-order valence-corrected chi connectivity index (χ1v) is 16.3. The zero-order chi connectivity index (χ0) is 32.6. The number of piperidine rings is 1. The number of sulfonamides is 1. The molecule has 2 unspecified atom stereocenters. The lowest BCUT2D eigenvalue weighted by Gasteiger charge is -2.31. The van der Waals surface area contributed by atoms with Gasteiger partial charge in [-0.15, -0.1) is 0 Å². The molecule has 6 rings (SSSR count). The van der Waals surface area contributed by atoms with E-state index in [0.717, 1.165) is 0 Å². The number of fused-ring (bicyclic) bond motifs is 1. The quantitative estimate of drug-likeness (QED) is 0.197. The Balaban J connectivity index is 1.28. The maximum Gasteiger partial charge on any atom is 0.262 e. The van der Waals surface area contributed by atoms with Crippen LogP contribution < -0.4 is 25.8 Å². The molecule has 3 amide bonds. The zero-order valence-electron chi connectivity index (χ0n) is 24.6. The number of carbonyl (C=O) groups is 3. The first-order valence-electron chi connectivity index (χ1n) is 14.4. The highest BCUT2D eigenvalue weighted by atomic mass is 35.5. The van der Waals surface area contributed by atoms with Gasteiger partial charge in [-0.25, -0.2) is 9.71 Å². The fourth-order valence-corrected chi connectivity index (χ4v) is 7.21. The third-order valence-corrected chi connectivity index (χ3v) is 9.71. The van der Waals surface area contributed by atoms with E-state index in [1.807, 2.05) is 17.0 Å². The van der Waals surface area contributed by atoms with Crippen LogP contribution in [0.15, 0.2) is 70.4 Å². The summed E-state index contributed by atoms with van der Waals surface area (Å²) < 4.78 is 36.4. The summed E-state index contributed by atoms with van der Waals surface area (Å²) in [6.07, 6.45) is 0.246. The van der Waals surface area contributed by atoms with Crippen LogP contribution in [0.1, 0.15) is 35.1 Å². The van der Waals surface area contributed by atoms with Crippen molar-refractivity contribution in [2.45, 2.75) is 30.7 Å². The van der Waals surface area contributed by atoms with Crippen molar-refractivity contribution >= 4 is 67.7 Å². The predicted octanol–water partition coefficient (Wildman–Crippen LogP) is 3.44. The summed E-state index contributed by atoms with van der Waals surface area (Å²) in [6.45, 7) is 3.80. The fourth-order valence-electron chi connectivity index (χ4n) is 5.61. The number of morpholine rings is 1. The molecule has 238 valence electrons. The van der Waals surface area contributed by atoms with Crippen LogP contribution in [0.3, 0.4) is 0 Å². The highest BCUT2D eigenvalue weighted by Crippen LogP contribution is 2.33. The summed E-state index contributed by atoms with van der Waals surface area (Å²) in [5.41, 5.74) is 0.929. The highest BCUT2D eigenvalue weighted by molar-refractivity contribution is 7.99. The lowest BCUT2D eigenvalue weighted by atomic mass is 10.1. The van der Waals surface area contributed by atoms with E-state index >= 15 is 0 Å². The van der Waals surface area contributed by atoms with Crippen molar-refractivity contribution in [1.82, 2.24) is 14.9 Å². The predicted molar refractivity (Wildman–Crippen MR) is 172 cm³/mol. The molecule has 3 aromatic carbocycles. The number of nitrogens with one attached hydrogen (secondary N) is 3. The molecule has 46 heavy (non-hydrogen) atoms. The summed E-state index contributed by atoms with van der Waals surface area (Å²) >= 11 is 6.34. The Kier molecular flexibility index (Phi) is 8.61. The van der Waals surface area contributed by atoms with Gasteiger partial charge in [0.1, 0.15) is 23.1 Å². The minimum absolute atomic E-state index is 0.00292. The SMILES string of the molecule is Cc1nc2c(NC(=O)c3ccc(Cl)c([S+](=O)([O-])Nc4ccccc4N4CCOCC4)c3)cccc2c(=O)n1C1CCC(=O)NC1=O. The van der Waals surface area contributed by atoms with Gasteiger partial charge in [0, 0.05) is 31.1 Å². The van der Waals surface area contributed by atoms with Crippen molar-refractivity contribution in [3.63, 3.8) is 0 Å². The Morgan fingerprint density at radius 3 is 2.57 bits per heavy atom. The Morgan fingerprint density at radius 2 is 1.80 bits per heavy atom. The maximum atomic E-state index is 13.6. The number of nitrogens with zero attached hydrogens (tertiary/aromatic N) is 3. The summed E-state index contributed by atoms with van der Waals surface area (Å²) in [5.74, 6) is -1.43. The molecule has 2 fully saturated rings. The van der Waals surface area contributed by atoms with Gasteiger partial charge < -0.3 is 19.5 Å². The minimum Gasteiger partial charge on any atom is -0.588 e. The number of aryl methyl sites for hydroxylation is 1. The number of para-hydroxylation sites is 3. The maximum absolute atomic E-state index is 13.6. The normalized spacial score (nSPS) is 18.2. The number of hydrogen-bond acceptors (Lipinski definition) is 9. The first-order chi connectivity index (χ1) is 22.0. The van der Waals surface area contributed by atoms with Gasteiger partial charge in [-0.1, -0.05) is 34.0 Å². The van der Waals surface area contributed by atoms with Crippen LogP contribution in [-0.4, -0.2) is 58.1 Å². The summed E-state index contributed by atoms with van der Waals surface area (Å²) in [4.78, 5) is 57.3. The van der Waals surface area contributed by atoms with Crippen LogP contribution in [0.2, 0.25) is 5.02 Å². The van der Waals surface area contributed by atoms with E-state index in [1.165, 1.54) is 28.8 Å². The van der Waals surface area contributed by atoms with Crippen molar-refractivity contribution in [3.8, 4) is 0 Å². The second-order valence-electron chi connectivity index (χ2n) is 10.8. The van der Waals surface area contributed by atoms with Crippen molar-refractivity contribution < 1.29 is 27.9 Å². The van der Waals surface area contributed by atoms with E-state index in [-0.39, 0.29) is 50.7 Å². The van der Waals surface area contributed by atoms with Crippen molar-refractivity contribution in [2.24, 2.45) is 0 Å². The molecule has 2 aliphatic heterocycles. The number of carbonyl (C=O) groups excluding carboxylic acids is 3. The molecule has 3 N–H and O–H groups in total. The van der Waals surface area contributed by atoms with Crippen LogP contribution >= 0.6 is 11.6 Å². The Bertz CT molecular complexity index is 1990. The van der Waals surface area contributed by atoms with Gasteiger partial charge in [0.2, 0.25) is 11.8 Å². The van der Waals surface area contributed by atoms with Gasteiger partial charge in [0.15, 0.2) is 15.3 Å². The zero-order valence-corrected chi connectivity index (χ0v) is 26.2. The molecule has 0 radical (unpaired) electrons. The molecule has 0 aliphatic carbocycles. The topological polar surface area (TPSA) is 175 Å². The Labute approximate surface area is 269 Å². The Hall–Kier alpha value is -4.63. The number of hydrogen-bond donors (Lipinski definition) is 3. The molecular weight excluding hydrogens is 636 g/mol. The van der Waals surface area contributed by atoms with Crippen LogP contribution in [0.4, 0.5) is 17.1 Å². The average molecular weight is 665 g/mol. The third-order valence-electron chi connectivity index (χ3n) is 7.86. The minimum atomic E-state index is -4.23. The molecule has 0 bridgehead atoms. The molecule has 1 aromatic heterocycles. The molecule has 2 aliphatic rings. The molecule has 2 saturated heterocycles. The van der Waals surface area contributed by atoms with Crippen molar-refractivity contribution in [3.05, 3.63) is 87.4 Å². The van der Waals surface area contributed by atoms with E-state index in [4.69, 9.17) is 16.3 Å². The molecule has 3 heterocycles. The fraction of sp³-hybridized carbons (Fsp3) is 0.258. The average Bonchev–Trinajstić information content (AvgIpc) is 3.03. The lowest BCUT2D eigenvalue weighted by Crippen LogP contribution is -2.45. The second-order valence-corrected chi connectivity index (χ2v) is 12.9. The summed E-state index contributed by atoms with van der Waals surface area (Å²) in [5, 5.41) is 5.04. The molecule has 2 atom stereocenters. The number of rotatable bonds is 7. The Morgan fingerprint density at radius 1 is 1.07 bits per heavy atom. The number of anilines is 3. The van der Waals surface area contributed by atoms with E-state index < -0.39 is 39.7 Å². The largest absolute Gasteiger partial charge is 0.588 e. The first kappa shape index (κ1) is 31.4. The molecule has 0 spiro atoms. The number of aromatic nitrogens is 2. The molecular formula is C31H29ClN6O7S. The van der Waals surface area contributed by atoms with E-state index in [9.17, 15) is 27.9 Å². The number of amides is 3.